The lowest BCUT2D eigenvalue weighted by Gasteiger charge is -2.10. The lowest BCUT2D eigenvalue weighted by Crippen LogP contribution is -2.01. The maximum atomic E-state index is 9.08. The summed E-state index contributed by atoms with van der Waals surface area (Å²) in [6.45, 7) is 0. The first kappa shape index (κ1) is 25.3. The van der Waals surface area contributed by atoms with Crippen LogP contribution in [0.15, 0.2) is 133 Å². The molecule has 5 aromatic carbocycles. The molecule has 1 aromatic heterocycles. The molecule has 0 saturated carbocycles. The van der Waals surface area contributed by atoms with E-state index >= 15 is 0 Å². The second kappa shape index (κ2) is 11.8. The van der Waals surface area contributed by atoms with Crippen molar-refractivity contribution in [3.63, 3.8) is 0 Å². The van der Waals surface area contributed by atoms with Gasteiger partial charge in [0.2, 0.25) is 0 Å². The first-order valence-corrected chi connectivity index (χ1v) is 12.8. The van der Waals surface area contributed by atoms with E-state index in [0.29, 0.717) is 22.8 Å². The van der Waals surface area contributed by atoms with Crippen LogP contribution in [-0.2, 0) is 0 Å². The van der Waals surface area contributed by atoms with Crippen molar-refractivity contribution in [3.8, 4) is 63.6 Å². The molecule has 0 spiro atoms. The lowest BCUT2D eigenvalue weighted by atomic mass is 10.1. The molecule has 0 aliphatic rings. The van der Waals surface area contributed by atoms with Gasteiger partial charge in [0.15, 0.2) is 0 Å². The zero-order valence-electron chi connectivity index (χ0n) is 21.7. The topological polar surface area (TPSA) is 90.2 Å². The number of hydrogen-bond acceptors (Lipinski definition) is 7. The van der Waals surface area contributed by atoms with E-state index in [9.17, 15) is 0 Å². The molecule has 0 unspecified atom stereocenters. The van der Waals surface area contributed by atoms with Crippen LogP contribution < -0.4 is 14.2 Å². The summed E-state index contributed by atoms with van der Waals surface area (Å²) in [5, 5.41) is 9.08. The second-order valence-corrected chi connectivity index (χ2v) is 8.91. The molecule has 0 N–H and O–H groups in total. The quantitative estimate of drug-likeness (QED) is 0.193. The summed E-state index contributed by atoms with van der Waals surface area (Å²) in [6.07, 6.45) is 0. The third-order valence-electron chi connectivity index (χ3n) is 6.11. The van der Waals surface area contributed by atoms with Gasteiger partial charge >= 0.3 is 18.0 Å². The lowest BCUT2D eigenvalue weighted by molar-refractivity contribution is 0.362. The molecular weight excluding hydrogens is 512 g/mol. The van der Waals surface area contributed by atoms with Crippen molar-refractivity contribution in [3.05, 3.63) is 139 Å². The molecule has 6 rings (SSSR count). The van der Waals surface area contributed by atoms with Crippen molar-refractivity contribution >= 4 is 0 Å². The summed E-state index contributed by atoms with van der Waals surface area (Å²) in [7, 11) is 0. The summed E-state index contributed by atoms with van der Waals surface area (Å²) >= 11 is 0. The zero-order chi connectivity index (χ0) is 27.9. The van der Waals surface area contributed by atoms with E-state index in [2.05, 4.69) is 21.0 Å². The Bertz CT molecular complexity index is 1680. The molecule has 6 aromatic rings. The third-order valence-corrected chi connectivity index (χ3v) is 6.11. The number of benzene rings is 5. The Hall–Kier alpha value is -6.00. The van der Waals surface area contributed by atoms with Crippen molar-refractivity contribution in [1.82, 2.24) is 15.0 Å². The Morgan fingerprint density at radius 2 is 0.707 bits per heavy atom. The number of aromatic nitrogens is 3. The van der Waals surface area contributed by atoms with Gasteiger partial charge in [-0.3, -0.25) is 0 Å². The van der Waals surface area contributed by atoms with E-state index in [-0.39, 0.29) is 18.0 Å². The van der Waals surface area contributed by atoms with Crippen LogP contribution >= 0.6 is 0 Å². The van der Waals surface area contributed by atoms with Crippen LogP contribution in [0.25, 0.3) is 22.3 Å². The molecule has 0 fully saturated rings. The number of hydrogen-bond donors (Lipinski definition) is 0. The maximum absolute atomic E-state index is 9.08. The fourth-order valence-corrected chi connectivity index (χ4v) is 4.06. The fraction of sp³-hybridized carbons (Fsp3) is 0. The van der Waals surface area contributed by atoms with Gasteiger partial charge in [0.1, 0.15) is 17.2 Å². The average Bonchev–Trinajstić information content (AvgIpc) is 3.03. The van der Waals surface area contributed by atoms with E-state index < -0.39 is 0 Å². The molecule has 1 heterocycles. The van der Waals surface area contributed by atoms with Gasteiger partial charge < -0.3 is 14.2 Å². The van der Waals surface area contributed by atoms with Gasteiger partial charge in [-0.05, 0) is 70.8 Å². The van der Waals surface area contributed by atoms with Crippen LogP contribution in [0.5, 0.6) is 35.3 Å². The number of rotatable bonds is 8. The van der Waals surface area contributed by atoms with Gasteiger partial charge in [0.25, 0.3) is 0 Å². The van der Waals surface area contributed by atoms with Gasteiger partial charge in [0, 0.05) is 0 Å². The average molecular weight is 535 g/mol. The molecule has 41 heavy (non-hydrogen) atoms. The molecule has 196 valence electrons. The molecular formula is C34H22N4O3. The van der Waals surface area contributed by atoms with Crippen molar-refractivity contribution in [2.24, 2.45) is 0 Å². The van der Waals surface area contributed by atoms with E-state index in [4.69, 9.17) is 19.5 Å². The first-order chi connectivity index (χ1) is 20.2. The minimum Gasteiger partial charge on any atom is -0.424 e. The Morgan fingerprint density at radius 1 is 0.390 bits per heavy atom. The Kier molecular flexibility index (Phi) is 7.28. The van der Waals surface area contributed by atoms with Gasteiger partial charge in [-0.25, -0.2) is 0 Å². The number of nitrogens with zero attached hydrogens (tertiary/aromatic N) is 4. The molecule has 0 radical (unpaired) electrons. The van der Waals surface area contributed by atoms with Crippen LogP contribution in [0.3, 0.4) is 0 Å². The van der Waals surface area contributed by atoms with Gasteiger partial charge in [-0.15, -0.1) is 15.0 Å². The standard InChI is InChI=1S/C34H22N4O3/c35-23-24-11-17-29(18-12-24)39-32-36-33(40-30-19-13-27(14-20-30)25-7-3-1-4-8-25)38-34(37-32)41-31-21-15-28(16-22-31)26-9-5-2-6-10-26/h1-22H. The highest BCUT2D eigenvalue weighted by molar-refractivity contribution is 5.64. The maximum Gasteiger partial charge on any atom is 0.331 e. The van der Waals surface area contributed by atoms with Crippen LogP contribution in [0.4, 0.5) is 0 Å². The smallest absolute Gasteiger partial charge is 0.331 e. The summed E-state index contributed by atoms with van der Waals surface area (Å²) in [4.78, 5) is 13.0. The van der Waals surface area contributed by atoms with Crippen LogP contribution in [0, 0.1) is 11.3 Å². The second-order valence-electron chi connectivity index (χ2n) is 8.91. The monoisotopic (exact) mass is 534 g/mol. The fourth-order valence-electron chi connectivity index (χ4n) is 4.06. The highest BCUT2D eigenvalue weighted by Crippen LogP contribution is 2.29. The first-order valence-electron chi connectivity index (χ1n) is 12.8. The van der Waals surface area contributed by atoms with Crippen LogP contribution in [0.2, 0.25) is 0 Å². The van der Waals surface area contributed by atoms with Crippen molar-refractivity contribution in [2.45, 2.75) is 0 Å². The van der Waals surface area contributed by atoms with E-state index in [0.717, 1.165) is 22.3 Å². The molecule has 7 nitrogen and oxygen atoms in total. The molecule has 0 bridgehead atoms. The molecule has 0 aliphatic heterocycles. The minimum absolute atomic E-state index is 0.00649. The Balaban J connectivity index is 1.26. The Morgan fingerprint density at radius 3 is 1.05 bits per heavy atom. The molecule has 0 amide bonds. The number of nitriles is 1. The summed E-state index contributed by atoms with van der Waals surface area (Å²) in [6, 6.07) is 44.1. The van der Waals surface area contributed by atoms with Gasteiger partial charge in [0.05, 0.1) is 11.6 Å². The normalized spacial score (nSPS) is 10.4. The van der Waals surface area contributed by atoms with Crippen LogP contribution in [-0.4, -0.2) is 15.0 Å². The molecule has 0 saturated heterocycles. The van der Waals surface area contributed by atoms with Gasteiger partial charge in [-0.2, -0.15) is 5.26 Å². The predicted molar refractivity (Wildman–Crippen MR) is 155 cm³/mol. The SMILES string of the molecule is N#Cc1ccc(Oc2nc(Oc3ccc(-c4ccccc4)cc3)nc(Oc3ccc(-c4ccccc4)cc3)n2)cc1. The summed E-state index contributed by atoms with van der Waals surface area (Å²) in [5.41, 5.74) is 4.83. The van der Waals surface area contributed by atoms with E-state index in [1.807, 2.05) is 109 Å². The molecule has 7 heteroatoms. The van der Waals surface area contributed by atoms with Crippen molar-refractivity contribution in [2.75, 3.05) is 0 Å². The predicted octanol–water partition coefficient (Wildman–Crippen LogP) is 8.45. The third kappa shape index (κ3) is 6.36. The van der Waals surface area contributed by atoms with Gasteiger partial charge in [-0.1, -0.05) is 84.9 Å². The van der Waals surface area contributed by atoms with E-state index in [1.165, 1.54) is 0 Å². The molecule has 0 atom stereocenters. The number of ether oxygens (including phenoxy) is 3. The van der Waals surface area contributed by atoms with E-state index in [1.54, 1.807) is 24.3 Å². The Labute approximate surface area is 236 Å². The molecule has 0 aliphatic carbocycles. The highest BCUT2D eigenvalue weighted by atomic mass is 16.5. The summed E-state index contributed by atoms with van der Waals surface area (Å²) < 4.78 is 17.8. The summed E-state index contributed by atoms with van der Waals surface area (Å²) in [5.74, 6) is 1.53. The largest absolute Gasteiger partial charge is 0.424 e. The van der Waals surface area contributed by atoms with Crippen molar-refractivity contribution < 1.29 is 14.2 Å². The van der Waals surface area contributed by atoms with Crippen LogP contribution in [0.1, 0.15) is 5.56 Å². The van der Waals surface area contributed by atoms with Crippen molar-refractivity contribution in [1.29, 1.82) is 5.26 Å². The zero-order valence-corrected chi connectivity index (χ0v) is 21.7. The highest BCUT2D eigenvalue weighted by Gasteiger charge is 2.13. The minimum atomic E-state index is -0.0171.